The molecule has 0 radical (unpaired) electrons. The molecule has 0 heterocycles. The molecular weight excluding hydrogens is 330 g/mol. The second kappa shape index (κ2) is 6.31. The van der Waals surface area contributed by atoms with Crippen molar-refractivity contribution in [2.45, 2.75) is 19.3 Å². The standard InChI is InChI=1S/C17H16BrNO2/c18-14-5-8-16(9-6-14)21-11-17(20)19-15-7-4-12-2-1-3-13(12)10-15/h4-10H,1-3,11H2,(H,19,20). The predicted molar refractivity (Wildman–Crippen MR) is 86.7 cm³/mol. The minimum atomic E-state index is -0.143. The van der Waals surface area contributed by atoms with Gasteiger partial charge in [0, 0.05) is 10.2 Å². The van der Waals surface area contributed by atoms with Gasteiger partial charge >= 0.3 is 0 Å². The van der Waals surface area contributed by atoms with Gasteiger partial charge in [-0.1, -0.05) is 22.0 Å². The number of aryl methyl sites for hydroxylation is 2. The first-order valence-corrected chi connectivity index (χ1v) is 7.80. The van der Waals surface area contributed by atoms with Crippen molar-refractivity contribution in [3.8, 4) is 5.75 Å². The number of amides is 1. The van der Waals surface area contributed by atoms with Crippen LogP contribution in [-0.2, 0) is 17.6 Å². The highest BCUT2D eigenvalue weighted by Gasteiger charge is 2.12. The summed E-state index contributed by atoms with van der Waals surface area (Å²) in [5.41, 5.74) is 3.60. The van der Waals surface area contributed by atoms with E-state index in [0.29, 0.717) is 5.75 Å². The number of halogens is 1. The molecule has 1 aliphatic rings. The quantitative estimate of drug-likeness (QED) is 0.910. The number of anilines is 1. The Morgan fingerprint density at radius 2 is 1.86 bits per heavy atom. The fraction of sp³-hybridized carbons (Fsp3) is 0.235. The summed E-state index contributed by atoms with van der Waals surface area (Å²) in [7, 11) is 0. The van der Waals surface area contributed by atoms with Gasteiger partial charge in [-0.2, -0.15) is 0 Å². The summed E-state index contributed by atoms with van der Waals surface area (Å²) < 4.78 is 6.44. The van der Waals surface area contributed by atoms with Crippen LogP contribution in [0.1, 0.15) is 17.5 Å². The van der Waals surface area contributed by atoms with E-state index in [1.807, 2.05) is 30.3 Å². The summed E-state index contributed by atoms with van der Waals surface area (Å²) in [5.74, 6) is 0.540. The van der Waals surface area contributed by atoms with E-state index < -0.39 is 0 Å². The van der Waals surface area contributed by atoms with Crippen molar-refractivity contribution in [1.29, 1.82) is 0 Å². The Morgan fingerprint density at radius 3 is 2.67 bits per heavy atom. The van der Waals surface area contributed by atoms with Crippen molar-refractivity contribution >= 4 is 27.5 Å². The van der Waals surface area contributed by atoms with E-state index in [-0.39, 0.29) is 12.5 Å². The summed E-state index contributed by atoms with van der Waals surface area (Å²) in [5, 5.41) is 2.88. The van der Waals surface area contributed by atoms with Crippen molar-refractivity contribution in [3.63, 3.8) is 0 Å². The summed E-state index contributed by atoms with van der Waals surface area (Å²) in [4.78, 5) is 11.9. The highest BCUT2D eigenvalue weighted by molar-refractivity contribution is 9.10. The van der Waals surface area contributed by atoms with Crippen molar-refractivity contribution in [2.75, 3.05) is 11.9 Å². The molecule has 3 rings (SSSR count). The van der Waals surface area contributed by atoms with Crippen LogP contribution in [0.5, 0.6) is 5.75 Å². The fourth-order valence-electron chi connectivity index (χ4n) is 2.53. The van der Waals surface area contributed by atoms with Crippen molar-refractivity contribution in [3.05, 3.63) is 58.1 Å². The number of rotatable bonds is 4. The molecule has 0 bridgehead atoms. The average Bonchev–Trinajstić information content (AvgIpc) is 2.94. The normalized spacial score (nSPS) is 12.8. The minimum Gasteiger partial charge on any atom is -0.484 e. The highest BCUT2D eigenvalue weighted by Crippen LogP contribution is 2.24. The van der Waals surface area contributed by atoms with Crippen LogP contribution in [0.25, 0.3) is 0 Å². The molecule has 0 fully saturated rings. The Labute approximate surface area is 132 Å². The van der Waals surface area contributed by atoms with E-state index in [2.05, 4.69) is 33.4 Å². The molecule has 0 aliphatic heterocycles. The smallest absolute Gasteiger partial charge is 0.262 e. The van der Waals surface area contributed by atoms with Crippen LogP contribution in [0, 0.1) is 0 Å². The first kappa shape index (κ1) is 14.1. The van der Waals surface area contributed by atoms with Gasteiger partial charge in [-0.3, -0.25) is 4.79 Å². The van der Waals surface area contributed by atoms with Gasteiger partial charge in [-0.15, -0.1) is 0 Å². The molecule has 2 aromatic rings. The van der Waals surface area contributed by atoms with E-state index in [9.17, 15) is 4.79 Å². The van der Waals surface area contributed by atoms with E-state index >= 15 is 0 Å². The lowest BCUT2D eigenvalue weighted by atomic mass is 10.1. The molecule has 0 saturated carbocycles. The number of fused-ring (bicyclic) bond motifs is 1. The van der Waals surface area contributed by atoms with Gasteiger partial charge in [0.1, 0.15) is 5.75 Å². The van der Waals surface area contributed by atoms with Crippen molar-refractivity contribution < 1.29 is 9.53 Å². The number of benzene rings is 2. The van der Waals surface area contributed by atoms with Crippen LogP contribution in [-0.4, -0.2) is 12.5 Å². The van der Waals surface area contributed by atoms with Gasteiger partial charge in [-0.05, 0) is 66.8 Å². The Morgan fingerprint density at radius 1 is 1.10 bits per heavy atom. The molecule has 1 amide bonds. The number of hydrogen-bond acceptors (Lipinski definition) is 2. The molecule has 0 atom stereocenters. The van der Waals surface area contributed by atoms with Crippen molar-refractivity contribution in [2.24, 2.45) is 0 Å². The third-order valence-electron chi connectivity index (χ3n) is 3.57. The fourth-order valence-corrected chi connectivity index (χ4v) is 2.79. The number of carbonyl (C=O) groups is 1. The highest BCUT2D eigenvalue weighted by atomic mass is 79.9. The van der Waals surface area contributed by atoms with Gasteiger partial charge in [0.05, 0.1) is 0 Å². The van der Waals surface area contributed by atoms with Gasteiger partial charge in [0.15, 0.2) is 6.61 Å². The number of nitrogens with one attached hydrogen (secondary N) is 1. The Kier molecular flexibility index (Phi) is 4.25. The number of ether oxygens (including phenoxy) is 1. The Balaban J connectivity index is 1.55. The molecule has 108 valence electrons. The molecule has 0 unspecified atom stereocenters. The first-order chi connectivity index (χ1) is 10.2. The number of hydrogen-bond donors (Lipinski definition) is 1. The summed E-state index contributed by atoms with van der Waals surface area (Å²) in [6.45, 7) is 0.0126. The molecule has 2 aromatic carbocycles. The SMILES string of the molecule is O=C(COc1ccc(Br)cc1)Nc1ccc2c(c1)CCC2. The van der Waals surface area contributed by atoms with Gasteiger partial charge in [-0.25, -0.2) is 0 Å². The van der Waals surface area contributed by atoms with Gasteiger partial charge in [0.2, 0.25) is 0 Å². The van der Waals surface area contributed by atoms with Gasteiger partial charge in [0.25, 0.3) is 5.91 Å². The summed E-state index contributed by atoms with van der Waals surface area (Å²) >= 11 is 3.36. The van der Waals surface area contributed by atoms with E-state index in [1.54, 1.807) is 0 Å². The predicted octanol–water partition coefficient (Wildman–Crippen LogP) is 3.96. The van der Waals surface area contributed by atoms with Crippen LogP contribution in [0.3, 0.4) is 0 Å². The number of carbonyl (C=O) groups excluding carboxylic acids is 1. The lowest BCUT2D eigenvalue weighted by molar-refractivity contribution is -0.118. The molecule has 0 spiro atoms. The van der Waals surface area contributed by atoms with Crippen LogP contribution in [0.15, 0.2) is 46.9 Å². The first-order valence-electron chi connectivity index (χ1n) is 7.01. The maximum absolute atomic E-state index is 11.9. The van der Waals surface area contributed by atoms with Crippen LogP contribution >= 0.6 is 15.9 Å². The largest absolute Gasteiger partial charge is 0.484 e. The van der Waals surface area contributed by atoms with Crippen molar-refractivity contribution in [1.82, 2.24) is 0 Å². The average molecular weight is 346 g/mol. The molecule has 1 aliphatic carbocycles. The van der Waals surface area contributed by atoms with Crippen LogP contribution < -0.4 is 10.1 Å². The lowest BCUT2D eigenvalue weighted by Gasteiger charge is -2.09. The molecule has 0 saturated heterocycles. The molecule has 21 heavy (non-hydrogen) atoms. The van der Waals surface area contributed by atoms with E-state index in [1.165, 1.54) is 17.5 Å². The Hall–Kier alpha value is -1.81. The minimum absolute atomic E-state index is 0.0126. The second-order valence-corrected chi connectivity index (χ2v) is 6.04. The van der Waals surface area contributed by atoms with Crippen LogP contribution in [0.2, 0.25) is 0 Å². The molecule has 1 N–H and O–H groups in total. The molecule has 4 heteroatoms. The summed E-state index contributed by atoms with van der Waals surface area (Å²) in [6.07, 6.45) is 3.46. The topological polar surface area (TPSA) is 38.3 Å². The molecule has 3 nitrogen and oxygen atoms in total. The third kappa shape index (κ3) is 3.64. The third-order valence-corrected chi connectivity index (χ3v) is 4.09. The zero-order chi connectivity index (χ0) is 14.7. The Bertz CT molecular complexity index is 652. The second-order valence-electron chi connectivity index (χ2n) is 5.13. The van der Waals surface area contributed by atoms with Gasteiger partial charge < -0.3 is 10.1 Å². The maximum atomic E-state index is 11.9. The lowest BCUT2D eigenvalue weighted by Crippen LogP contribution is -2.20. The monoisotopic (exact) mass is 345 g/mol. The maximum Gasteiger partial charge on any atom is 0.262 e. The summed E-state index contributed by atoms with van der Waals surface area (Å²) in [6, 6.07) is 13.6. The molecular formula is C17H16BrNO2. The van der Waals surface area contributed by atoms with Crippen LogP contribution in [0.4, 0.5) is 5.69 Å². The zero-order valence-corrected chi connectivity index (χ0v) is 13.2. The van der Waals surface area contributed by atoms with E-state index in [4.69, 9.17) is 4.74 Å². The molecule has 0 aromatic heterocycles. The zero-order valence-electron chi connectivity index (χ0n) is 11.6. The van der Waals surface area contributed by atoms with E-state index in [0.717, 1.165) is 23.0 Å².